The molecule has 1 aliphatic rings. The molecule has 0 atom stereocenters. The predicted octanol–water partition coefficient (Wildman–Crippen LogP) is 3.73. The molecule has 0 aliphatic heterocycles. The molecule has 0 bridgehead atoms. The van der Waals surface area contributed by atoms with E-state index in [0.717, 1.165) is 0 Å². The molecule has 1 saturated carbocycles. The van der Waals surface area contributed by atoms with Crippen molar-refractivity contribution in [1.29, 1.82) is 0 Å². The second-order valence-electron chi connectivity index (χ2n) is 6.00. The van der Waals surface area contributed by atoms with Gasteiger partial charge in [-0.1, -0.05) is 29.8 Å². The molecule has 0 saturated heterocycles. The number of carbonyl (C=O) groups is 1. The van der Waals surface area contributed by atoms with Crippen LogP contribution in [0.1, 0.15) is 18.4 Å². The Balaban J connectivity index is 1.54. The van der Waals surface area contributed by atoms with Crippen molar-refractivity contribution in [3.05, 3.63) is 71.3 Å². The van der Waals surface area contributed by atoms with E-state index in [4.69, 9.17) is 11.6 Å². The number of nitrogens with zero attached hydrogens (tertiary/aromatic N) is 3. The van der Waals surface area contributed by atoms with Gasteiger partial charge >= 0.3 is 0 Å². The highest BCUT2D eigenvalue weighted by Gasteiger charge is 2.52. The number of nitrogens with one attached hydrogen (secondary N) is 1. The molecule has 2 heterocycles. The van der Waals surface area contributed by atoms with Gasteiger partial charge in [-0.2, -0.15) is 0 Å². The van der Waals surface area contributed by atoms with Crippen molar-refractivity contribution in [3.63, 3.8) is 0 Å². The largest absolute Gasteiger partial charge is 0.308 e. The minimum absolute atomic E-state index is 0.244. The molecule has 1 aromatic carbocycles. The summed E-state index contributed by atoms with van der Waals surface area (Å²) in [7, 11) is 0. The minimum atomic E-state index is -0.798. The average Bonchev–Trinajstić information content (AvgIpc) is 3.29. The fourth-order valence-electron chi connectivity index (χ4n) is 2.85. The Bertz CT molecular complexity index is 934. The van der Waals surface area contributed by atoms with Crippen LogP contribution in [0.25, 0.3) is 5.82 Å². The maximum absolute atomic E-state index is 14.1. The van der Waals surface area contributed by atoms with Crippen molar-refractivity contribution in [2.45, 2.75) is 18.3 Å². The smallest absolute Gasteiger partial charge is 0.236 e. The zero-order chi connectivity index (χ0) is 17.4. The number of anilines is 1. The molecular formula is C18H14ClFN4O. The van der Waals surface area contributed by atoms with E-state index in [9.17, 15) is 9.18 Å². The second-order valence-corrected chi connectivity index (χ2v) is 6.43. The Morgan fingerprint density at radius 3 is 2.68 bits per heavy atom. The molecule has 2 aromatic heterocycles. The molecular weight excluding hydrogens is 343 g/mol. The number of hydrogen-bond donors (Lipinski definition) is 1. The van der Waals surface area contributed by atoms with Crippen molar-refractivity contribution in [1.82, 2.24) is 14.8 Å². The van der Waals surface area contributed by atoms with Gasteiger partial charge in [0.2, 0.25) is 5.91 Å². The van der Waals surface area contributed by atoms with E-state index in [1.54, 1.807) is 42.6 Å². The number of benzene rings is 1. The summed E-state index contributed by atoms with van der Waals surface area (Å²) in [5.41, 5.74) is -0.362. The Morgan fingerprint density at radius 2 is 2.00 bits per heavy atom. The number of amides is 1. The Morgan fingerprint density at radius 1 is 1.20 bits per heavy atom. The molecule has 1 aliphatic carbocycles. The van der Waals surface area contributed by atoms with Crippen LogP contribution in [-0.2, 0) is 10.2 Å². The molecule has 1 N–H and O–H groups in total. The molecule has 0 unspecified atom stereocenters. The number of pyridine rings is 1. The first kappa shape index (κ1) is 15.8. The number of carbonyl (C=O) groups excluding carboxylic acids is 1. The highest BCUT2D eigenvalue weighted by atomic mass is 35.5. The highest BCUT2D eigenvalue weighted by Crippen LogP contribution is 2.49. The zero-order valence-corrected chi connectivity index (χ0v) is 13.9. The van der Waals surface area contributed by atoms with Crippen molar-refractivity contribution in [3.8, 4) is 5.82 Å². The van der Waals surface area contributed by atoms with Gasteiger partial charge in [-0.25, -0.2) is 14.1 Å². The minimum Gasteiger partial charge on any atom is -0.308 e. The normalized spacial score (nSPS) is 15.0. The second kappa shape index (κ2) is 5.97. The quantitative estimate of drug-likeness (QED) is 0.774. The van der Waals surface area contributed by atoms with E-state index in [-0.39, 0.29) is 11.7 Å². The maximum atomic E-state index is 14.1. The van der Waals surface area contributed by atoms with Gasteiger partial charge in [-0.05, 0) is 31.0 Å². The maximum Gasteiger partial charge on any atom is 0.236 e. The van der Waals surface area contributed by atoms with E-state index < -0.39 is 5.41 Å². The molecule has 1 amide bonds. The van der Waals surface area contributed by atoms with Crippen LogP contribution < -0.4 is 5.32 Å². The van der Waals surface area contributed by atoms with Gasteiger partial charge in [0, 0.05) is 24.0 Å². The van der Waals surface area contributed by atoms with E-state index >= 15 is 0 Å². The summed E-state index contributed by atoms with van der Waals surface area (Å²) in [4.78, 5) is 16.8. The fraction of sp³-hybridized carbons (Fsp3) is 0.167. The summed E-state index contributed by atoms with van der Waals surface area (Å²) < 4.78 is 15.6. The van der Waals surface area contributed by atoms with E-state index in [1.807, 2.05) is 0 Å². The molecule has 126 valence electrons. The first-order chi connectivity index (χ1) is 12.1. The Hall–Kier alpha value is -2.73. The lowest BCUT2D eigenvalue weighted by atomic mass is 9.94. The molecule has 0 radical (unpaired) electrons. The topological polar surface area (TPSA) is 59.8 Å². The monoisotopic (exact) mass is 356 g/mol. The number of hydrogen-bond acceptors (Lipinski definition) is 3. The summed E-state index contributed by atoms with van der Waals surface area (Å²) in [6.07, 6.45) is 4.46. The van der Waals surface area contributed by atoms with Crippen molar-refractivity contribution in [2.75, 3.05) is 5.32 Å². The average molecular weight is 357 g/mol. The van der Waals surface area contributed by atoms with E-state index in [0.29, 0.717) is 35.1 Å². The third-order valence-corrected chi connectivity index (χ3v) is 4.57. The zero-order valence-electron chi connectivity index (χ0n) is 13.1. The van der Waals surface area contributed by atoms with Crippen LogP contribution >= 0.6 is 11.6 Å². The lowest BCUT2D eigenvalue weighted by Gasteiger charge is -2.15. The highest BCUT2D eigenvalue weighted by molar-refractivity contribution is 6.30. The SMILES string of the molecule is O=C(Nc1ccn(-c2ccc(Cl)cn2)n1)C1(c2ccccc2F)CC1. The molecule has 3 aromatic rings. The first-order valence-corrected chi connectivity index (χ1v) is 8.20. The summed E-state index contributed by atoms with van der Waals surface area (Å²) in [5.74, 6) is 0.377. The number of aromatic nitrogens is 3. The molecule has 0 spiro atoms. The van der Waals surface area contributed by atoms with Crippen LogP contribution in [0.4, 0.5) is 10.2 Å². The molecule has 7 heteroatoms. The Kier molecular flexibility index (Phi) is 3.77. The van der Waals surface area contributed by atoms with Gasteiger partial charge < -0.3 is 5.32 Å². The van der Waals surface area contributed by atoms with Gasteiger partial charge in [0.05, 0.1) is 10.4 Å². The van der Waals surface area contributed by atoms with Crippen LogP contribution in [0.3, 0.4) is 0 Å². The lowest BCUT2D eigenvalue weighted by molar-refractivity contribution is -0.118. The van der Waals surface area contributed by atoms with Gasteiger partial charge in [-0.15, -0.1) is 5.10 Å². The van der Waals surface area contributed by atoms with Crippen LogP contribution in [0.2, 0.25) is 5.02 Å². The first-order valence-electron chi connectivity index (χ1n) is 7.83. The summed E-state index contributed by atoms with van der Waals surface area (Å²) >= 11 is 5.82. The summed E-state index contributed by atoms with van der Waals surface area (Å²) in [6, 6.07) is 11.5. The summed E-state index contributed by atoms with van der Waals surface area (Å²) in [5, 5.41) is 7.61. The lowest BCUT2D eigenvalue weighted by Crippen LogP contribution is -2.29. The Labute approximate surface area is 148 Å². The van der Waals surface area contributed by atoms with E-state index in [2.05, 4.69) is 15.4 Å². The van der Waals surface area contributed by atoms with Gasteiger partial charge in [0.25, 0.3) is 0 Å². The fourth-order valence-corrected chi connectivity index (χ4v) is 2.96. The van der Waals surface area contributed by atoms with Gasteiger partial charge in [0.15, 0.2) is 11.6 Å². The standard InChI is InChI=1S/C18H14ClFN4O/c19-12-5-6-16(21-11-12)24-10-7-15(23-24)22-17(25)18(8-9-18)13-3-1-2-4-14(13)20/h1-7,10-11H,8-9H2,(H,22,23,25). The van der Waals surface area contributed by atoms with Crippen LogP contribution in [0, 0.1) is 5.82 Å². The molecule has 5 nitrogen and oxygen atoms in total. The molecule has 25 heavy (non-hydrogen) atoms. The third kappa shape index (κ3) is 2.89. The predicted molar refractivity (Wildman–Crippen MR) is 92.3 cm³/mol. The molecule has 4 rings (SSSR count). The van der Waals surface area contributed by atoms with Crippen molar-refractivity contribution >= 4 is 23.3 Å². The molecule has 1 fully saturated rings. The summed E-state index contributed by atoms with van der Waals surface area (Å²) in [6.45, 7) is 0. The van der Waals surface area contributed by atoms with E-state index in [1.165, 1.54) is 16.9 Å². The van der Waals surface area contributed by atoms with Crippen LogP contribution in [0.15, 0.2) is 54.9 Å². The van der Waals surface area contributed by atoms with Crippen LogP contribution in [0.5, 0.6) is 0 Å². The van der Waals surface area contributed by atoms with Gasteiger partial charge in [-0.3, -0.25) is 4.79 Å². The van der Waals surface area contributed by atoms with Crippen LogP contribution in [-0.4, -0.2) is 20.7 Å². The van der Waals surface area contributed by atoms with Gasteiger partial charge in [0.1, 0.15) is 5.82 Å². The van der Waals surface area contributed by atoms with Crippen molar-refractivity contribution < 1.29 is 9.18 Å². The number of rotatable bonds is 4. The third-order valence-electron chi connectivity index (χ3n) is 4.35. The number of halogens is 2. The van der Waals surface area contributed by atoms with Crippen molar-refractivity contribution in [2.24, 2.45) is 0 Å².